The first kappa shape index (κ1) is 15.1. The van der Waals surface area contributed by atoms with Crippen molar-refractivity contribution in [1.82, 2.24) is 4.98 Å². The van der Waals surface area contributed by atoms with Gasteiger partial charge in [-0.05, 0) is 22.6 Å². The second-order valence-electron chi connectivity index (χ2n) is 3.22. The number of alkyl halides is 5. The molecule has 18 heavy (non-hydrogen) atoms. The molecule has 0 spiro atoms. The number of carbonyl (C=O) groups is 1. The van der Waals surface area contributed by atoms with Crippen LogP contribution in [0.5, 0.6) is 0 Å². The molecule has 1 aromatic heterocycles. The van der Waals surface area contributed by atoms with E-state index >= 15 is 0 Å². The minimum absolute atomic E-state index is 0.369. The van der Waals surface area contributed by atoms with Gasteiger partial charge in [0.25, 0.3) is 6.43 Å². The average Bonchev–Trinajstić information content (AvgIpc) is 2.17. The van der Waals surface area contributed by atoms with E-state index in [2.05, 4.69) is 4.98 Å². The molecule has 0 atom stereocenters. The lowest BCUT2D eigenvalue weighted by Gasteiger charge is -2.15. The third-order valence-electron chi connectivity index (χ3n) is 1.96. The van der Waals surface area contributed by atoms with Gasteiger partial charge >= 0.3 is 12.1 Å². The molecular formula is C9H5F5INO2. The summed E-state index contributed by atoms with van der Waals surface area (Å²) in [6, 6.07) is 0. The van der Waals surface area contributed by atoms with Crippen molar-refractivity contribution >= 4 is 28.6 Å². The van der Waals surface area contributed by atoms with Crippen LogP contribution in [-0.2, 0) is 17.4 Å². The van der Waals surface area contributed by atoms with Crippen molar-refractivity contribution < 1.29 is 31.9 Å². The molecule has 0 aromatic carbocycles. The van der Waals surface area contributed by atoms with E-state index in [0.717, 1.165) is 0 Å². The minimum Gasteiger partial charge on any atom is -0.481 e. The number of hydrogen-bond acceptors (Lipinski definition) is 2. The molecule has 9 heteroatoms. The van der Waals surface area contributed by atoms with Crippen molar-refractivity contribution in [2.75, 3.05) is 0 Å². The molecule has 3 nitrogen and oxygen atoms in total. The van der Waals surface area contributed by atoms with E-state index in [1.54, 1.807) is 0 Å². The summed E-state index contributed by atoms with van der Waals surface area (Å²) in [6.45, 7) is 0. The summed E-state index contributed by atoms with van der Waals surface area (Å²) in [4.78, 5) is 13.8. The number of aromatic nitrogens is 1. The molecule has 0 aliphatic heterocycles. The fraction of sp³-hybridized carbons (Fsp3) is 0.333. The van der Waals surface area contributed by atoms with Crippen LogP contribution in [0.4, 0.5) is 22.0 Å². The van der Waals surface area contributed by atoms with Crippen LogP contribution in [0.25, 0.3) is 0 Å². The molecule has 0 aliphatic carbocycles. The zero-order valence-corrected chi connectivity index (χ0v) is 10.6. The molecule has 1 heterocycles. The monoisotopic (exact) mass is 381 g/mol. The Hall–Kier alpha value is -1.00. The zero-order chi connectivity index (χ0) is 14.1. The summed E-state index contributed by atoms with van der Waals surface area (Å²) in [6.07, 6.45) is -8.71. The Bertz CT molecular complexity index is 475. The molecule has 100 valence electrons. The highest BCUT2D eigenvalue weighted by Gasteiger charge is 2.39. The second-order valence-corrected chi connectivity index (χ2v) is 4.30. The molecule has 0 bridgehead atoms. The molecule has 0 fully saturated rings. The number of nitrogens with zero attached hydrogens (tertiary/aromatic N) is 1. The Balaban J connectivity index is 3.45. The van der Waals surface area contributed by atoms with Gasteiger partial charge in [-0.2, -0.15) is 13.2 Å². The predicted octanol–water partition coefficient (Wildman–Crippen LogP) is 3.27. The highest BCUT2D eigenvalue weighted by Crippen LogP contribution is 2.39. The minimum atomic E-state index is -4.99. The van der Waals surface area contributed by atoms with Crippen molar-refractivity contribution in [2.24, 2.45) is 0 Å². The Morgan fingerprint density at radius 3 is 2.39 bits per heavy atom. The lowest BCUT2D eigenvalue weighted by molar-refractivity contribution is -0.141. The van der Waals surface area contributed by atoms with Gasteiger partial charge in [-0.3, -0.25) is 9.78 Å². The van der Waals surface area contributed by atoms with Crippen molar-refractivity contribution in [1.29, 1.82) is 0 Å². The summed E-state index contributed by atoms with van der Waals surface area (Å²) in [5.41, 5.74) is -3.16. The average molecular weight is 381 g/mol. The van der Waals surface area contributed by atoms with Crippen LogP contribution >= 0.6 is 22.6 Å². The van der Waals surface area contributed by atoms with E-state index in [9.17, 15) is 26.7 Å². The van der Waals surface area contributed by atoms with E-state index in [4.69, 9.17) is 5.11 Å². The number of hydrogen-bond donors (Lipinski definition) is 1. The van der Waals surface area contributed by atoms with Crippen LogP contribution in [0.15, 0.2) is 6.20 Å². The van der Waals surface area contributed by atoms with Gasteiger partial charge < -0.3 is 5.11 Å². The van der Waals surface area contributed by atoms with Crippen molar-refractivity contribution in [3.8, 4) is 0 Å². The maximum Gasteiger partial charge on any atom is 0.418 e. The van der Waals surface area contributed by atoms with Gasteiger partial charge in [0.15, 0.2) is 0 Å². The summed E-state index contributed by atoms with van der Waals surface area (Å²) in [5, 5.41) is 8.49. The van der Waals surface area contributed by atoms with Crippen molar-refractivity contribution in [3.63, 3.8) is 0 Å². The topological polar surface area (TPSA) is 50.2 Å². The van der Waals surface area contributed by atoms with E-state index in [0.29, 0.717) is 6.20 Å². The van der Waals surface area contributed by atoms with Crippen LogP contribution in [0.2, 0.25) is 0 Å². The van der Waals surface area contributed by atoms with Crippen LogP contribution in [0.3, 0.4) is 0 Å². The lowest BCUT2D eigenvalue weighted by atomic mass is 10.1. The largest absolute Gasteiger partial charge is 0.481 e. The quantitative estimate of drug-likeness (QED) is 0.646. The standard InChI is InChI=1S/C9H5F5INO2/c10-8(11)3-2-16-4(1-5(17)18)7(15)6(3)9(12,13)14/h2,8H,1H2,(H,17,18). The normalized spacial score (nSPS) is 11.9. The first-order chi connectivity index (χ1) is 8.14. The Kier molecular flexibility index (Phi) is 4.46. The number of pyridine rings is 1. The van der Waals surface area contributed by atoms with Gasteiger partial charge in [0, 0.05) is 15.3 Å². The third kappa shape index (κ3) is 3.27. The van der Waals surface area contributed by atoms with Crippen LogP contribution in [0.1, 0.15) is 23.2 Å². The summed E-state index contributed by atoms with van der Waals surface area (Å²) in [7, 11) is 0. The summed E-state index contributed by atoms with van der Waals surface area (Å²) < 4.78 is 62.4. The molecule has 0 radical (unpaired) electrons. The predicted molar refractivity (Wildman–Crippen MR) is 58.3 cm³/mol. The van der Waals surface area contributed by atoms with Gasteiger partial charge in [0.2, 0.25) is 0 Å². The Morgan fingerprint density at radius 2 is 2.00 bits per heavy atom. The number of aliphatic carboxylic acids is 1. The van der Waals surface area contributed by atoms with E-state index in [1.165, 1.54) is 22.6 Å². The molecule has 0 unspecified atom stereocenters. The lowest BCUT2D eigenvalue weighted by Crippen LogP contribution is -2.16. The van der Waals surface area contributed by atoms with Gasteiger partial charge in [-0.1, -0.05) is 0 Å². The molecule has 0 saturated carbocycles. The maximum atomic E-state index is 12.7. The molecule has 0 saturated heterocycles. The Labute approximate surface area is 111 Å². The first-order valence-electron chi connectivity index (χ1n) is 4.39. The molecule has 1 rings (SSSR count). The van der Waals surface area contributed by atoms with Gasteiger partial charge in [0.1, 0.15) is 0 Å². The van der Waals surface area contributed by atoms with Crippen LogP contribution in [-0.4, -0.2) is 16.1 Å². The fourth-order valence-corrected chi connectivity index (χ4v) is 2.21. The second kappa shape index (κ2) is 5.33. The number of carboxylic acids is 1. The van der Waals surface area contributed by atoms with Crippen LogP contribution in [0, 0.1) is 3.57 Å². The van der Waals surface area contributed by atoms with Gasteiger partial charge in [0.05, 0.1) is 17.7 Å². The first-order valence-corrected chi connectivity index (χ1v) is 5.47. The molecular weight excluding hydrogens is 376 g/mol. The highest BCUT2D eigenvalue weighted by molar-refractivity contribution is 14.1. The maximum absolute atomic E-state index is 12.7. The SMILES string of the molecule is O=C(O)Cc1ncc(C(F)F)c(C(F)(F)F)c1I. The summed E-state index contributed by atoms with van der Waals surface area (Å²) >= 11 is 1.18. The van der Waals surface area contributed by atoms with E-state index in [1.807, 2.05) is 0 Å². The third-order valence-corrected chi connectivity index (χ3v) is 3.12. The van der Waals surface area contributed by atoms with E-state index in [-0.39, 0.29) is 5.69 Å². The Morgan fingerprint density at radius 1 is 1.44 bits per heavy atom. The van der Waals surface area contributed by atoms with Gasteiger partial charge in [-0.15, -0.1) is 0 Å². The van der Waals surface area contributed by atoms with Crippen molar-refractivity contribution in [3.05, 3.63) is 26.6 Å². The fourth-order valence-electron chi connectivity index (χ4n) is 1.26. The zero-order valence-electron chi connectivity index (χ0n) is 8.43. The molecule has 1 aromatic rings. The number of rotatable bonds is 3. The van der Waals surface area contributed by atoms with E-state index < -0.39 is 39.7 Å². The molecule has 0 amide bonds. The number of carboxylic acid groups (broad SMARTS) is 1. The van der Waals surface area contributed by atoms with Crippen molar-refractivity contribution in [2.45, 2.75) is 19.0 Å². The molecule has 1 N–H and O–H groups in total. The highest BCUT2D eigenvalue weighted by atomic mass is 127. The summed E-state index contributed by atoms with van der Waals surface area (Å²) in [5.74, 6) is -1.39. The molecule has 0 aliphatic rings. The number of halogens is 6. The smallest absolute Gasteiger partial charge is 0.418 e. The van der Waals surface area contributed by atoms with Gasteiger partial charge in [-0.25, -0.2) is 8.78 Å². The van der Waals surface area contributed by atoms with Crippen LogP contribution < -0.4 is 0 Å².